The Morgan fingerprint density at radius 3 is 2.40 bits per heavy atom. The Bertz CT molecular complexity index is 1030. The van der Waals surface area contributed by atoms with E-state index >= 15 is 0 Å². The monoisotopic (exact) mass is 428 g/mol. The van der Waals surface area contributed by atoms with Gasteiger partial charge in [-0.2, -0.15) is 0 Å². The van der Waals surface area contributed by atoms with E-state index in [4.69, 9.17) is 16.0 Å². The summed E-state index contributed by atoms with van der Waals surface area (Å²) in [6.07, 6.45) is 0. The highest BCUT2D eigenvalue weighted by Gasteiger charge is 2.24. The van der Waals surface area contributed by atoms with Crippen LogP contribution >= 0.6 is 11.6 Å². The Morgan fingerprint density at radius 2 is 1.80 bits per heavy atom. The number of pyridine rings is 1. The fraction of sp³-hybridized carbons (Fsp3) is 0.238. The van der Waals surface area contributed by atoms with Crippen molar-refractivity contribution in [3.8, 4) is 0 Å². The molecule has 3 rings (SSSR count). The molecule has 9 heteroatoms. The third-order valence-electron chi connectivity index (χ3n) is 4.57. The molecule has 0 aliphatic heterocycles. The van der Waals surface area contributed by atoms with Crippen molar-refractivity contribution in [1.82, 2.24) is 4.98 Å². The number of halogens is 1. The highest BCUT2D eigenvalue weighted by molar-refractivity contribution is 6.30. The molecule has 0 unspecified atom stereocenters. The SMILES string of the molecule is CCN(CC)c1cccc(CN(C(=O)c2ccc([N+](=O)[O-])o2)c2ccc(Cl)cc2)n1. The number of hydrogen-bond donors (Lipinski definition) is 0. The lowest BCUT2D eigenvalue weighted by Crippen LogP contribution is -2.31. The van der Waals surface area contributed by atoms with Gasteiger partial charge in [0.05, 0.1) is 18.3 Å². The molecule has 0 bridgehead atoms. The van der Waals surface area contributed by atoms with Gasteiger partial charge in [0.1, 0.15) is 10.7 Å². The molecule has 2 aromatic heterocycles. The average molecular weight is 429 g/mol. The molecule has 0 spiro atoms. The molecule has 0 fully saturated rings. The molecule has 0 radical (unpaired) electrons. The topological polar surface area (TPSA) is 92.7 Å². The van der Waals surface area contributed by atoms with Crippen LogP contribution in [0.2, 0.25) is 5.02 Å². The van der Waals surface area contributed by atoms with Crippen LogP contribution in [-0.2, 0) is 6.54 Å². The minimum absolute atomic E-state index is 0.128. The minimum Gasteiger partial charge on any atom is -0.395 e. The van der Waals surface area contributed by atoms with Gasteiger partial charge >= 0.3 is 5.88 Å². The molecule has 0 N–H and O–H groups in total. The molecule has 1 aromatic carbocycles. The van der Waals surface area contributed by atoms with Crippen molar-refractivity contribution >= 4 is 34.9 Å². The zero-order valence-corrected chi connectivity index (χ0v) is 17.4. The van der Waals surface area contributed by atoms with Gasteiger partial charge < -0.3 is 9.32 Å². The number of anilines is 2. The fourth-order valence-corrected chi connectivity index (χ4v) is 3.14. The highest BCUT2D eigenvalue weighted by atomic mass is 35.5. The van der Waals surface area contributed by atoms with Crippen LogP contribution in [0.25, 0.3) is 0 Å². The summed E-state index contributed by atoms with van der Waals surface area (Å²) in [7, 11) is 0. The van der Waals surface area contributed by atoms with Crippen LogP contribution in [-0.4, -0.2) is 28.9 Å². The van der Waals surface area contributed by atoms with Crippen LogP contribution in [0.4, 0.5) is 17.4 Å². The van der Waals surface area contributed by atoms with Gasteiger partial charge in [-0.1, -0.05) is 17.7 Å². The maximum Gasteiger partial charge on any atom is 0.433 e. The van der Waals surface area contributed by atoms with Gasteiger partial charge in [0.25, 0.3) is 5.91 Å². The lowest BCUT2D eigenvalue weighted by molar-refractivity contribution is -0.402. The number of amides is 1. The molecular weight excluding hydrogens is 408 g/mol. The van der Waals surface area contributed by atoms with Gasteiger partial charge in [-0.25, -0.2) is 4.98 Å². The largest absolute Gasteiger partial charge is 0.433 e. The molecule has 0 aliphatic carbocycles. The molecule has 2 heterocycles. The Balaban J connectivity index is 1.96. The maximum absolute atomic E-state index is 13.1. The third kappa shape index (κ3) is 4.77. The fourth-order valence-electron chi connectivity index (χ4n) is 3.02. The Hall–Kier alpha value is -3.39. The van der Waals surface area contributed by atoms with E-state index in [0.29, 0.717) is 16.4 Å². The number of nitro groups is 1. The molecule has 8 nitrogen and oxygen atoms in total. The second-order valence-electron chi connectivity index (χ2n) is 6.42. The minimum atomic E-state index is -0.682. The third-order valence-corrected chi connectivity index (χ3v) is 4.82. The van der Waals surface area contributed by atoms with Gasteiger partial charge in [-0.05, 0) is 56.3 Å². The lowest BCUT2D eigenvalue weighted by atomic mass is 10.2. The maximum atomic E-state index is 13.1. The molecule has 0 saturated heterocycles. The summed E-state index contributed by atoms with van der Waals surface area (Å²) in [5, 5.41) is 11.5. The average Bonchev–Trinajstić information content (AvgIpc) is 3.24. The molecular formula is C21H21ClN4O4. The second kappa shape index (κ2) is 9.41. The van der Waals surface area contributed by atoms with Crippen molar-refractivity contribution in [1.29, 1.82) is 0 Å². The number of aromatic nitrogens is 1. The van der Waals surface area contributed by atoms with Gasteiger partial charge in [0, 0.05) is 23.8 Å². The quantitative estimate of drug-likeness (QED) is 0.373. The van der Waals surface area contributed by atoms with Gasteiger partial charge in [-0.3, -0.25) is 19.8 Å². The van der Waals surface area contributed by atoms with Crippen molar-refractivity contribution in [3.05, 3.63) is 81.2 Å². The van der Waals surface area contributed by atoms with Crippen molar-refractivity contribution < 1.29 is 14.1 Å². The van der Waals surface area contributed by atoms with Crippen LogP contribution in [0.15, 0.2) is 59.0 Å². The predicted octanol–water partition coefficient (Wildman–Crippen LogP) is 4.93. The summed E-state index contributed by atoms with van der Waals surface area (Å²) < 4.78 is 5.12. The summed E-state index contributed by atoms with van der Waals surface area (Å²) in [5.74, 6) is -0.317. The number of carbonyl (C=O) groups is 1. The lowest BCUT2D eigenvalue weighted by Gasteiger charge is -2.24. The number of carbonyl (C=O) groups excluding carboxylic acids is 1. The number of nitrogens with zero attached hydrogens (tertiary/aromatic N) is 4. The Morgan fingerprint density at radius 1 is 1.10 bits per heavy atom. The van der Waals surface area contributed by atoms with Crippen LogP contribution < -0.4 is 9.80 Å². The zero-order valence-electron chi connectivity index (χ0n) is 16.6. The van der Waals surface area contributed by atoms with Crippen molar-refractivity contribution in [3.63, 3.8) is 0 Å². The highest BCUT2D eigenvalue weighted by Crippen LogP contribution is 2.25. The molecule has 0 aliphatic rings. The Kier molecular flexibility index (Phi) is 6.68. The summed E-state index contributed by atoms with van der Waals surface area (Å²) >= 11 is 5.98. The van der Waals surface area contributed by atoms with Gasteiger partial charge in [0.15, 0.2) is 5.76 Å². The van der Waals surface area contributed by atoms with E-state index in [1.165, 1.54) is 11.0 Å². The molecule has 0 saturated carbocycles. The second-order valence-corrected chi connectivity index (χ2v) is 6.86. The molecule has 156 valence electrons. The summed E-state index contributed by atoms with van der Waals surface area (Å²) in [4.78, 5) is 31.6. The first-order valence-corrected chi connectivity index (χ1v) is 9.83. The van der Waals surface area contributed by atoms with E-state index in [1.807, 2.05) is 32.0 Å². The summed E-state index contributed by atoms with van der Waals surface area (Å²) in [6, 6.07) is 14.8. The van der Waals surface area contributed by atoms with Crippen LogP contribution in [0, 0.1) is 10.1 Å². The van der Waals surface area contributed by atoms with E-state index in [-0.39, 0.29) is 12.3 Å². The van der Waals surface area contributed by atoms with Crippen LogP contribution in [0.5, 0.6) is 0 Å². The molecule has 0 atom stereocenters. The standard InChI is InChI=1S/C21H21ClN4O4/c1-3-24(4-2)19-7-5-6-16(23-19)14-25(17-10-8-15(22)9-11-17)21(27)18-12-13-20(30-18)26(28)29/h5-13H,3-4,14H2,1-2H3. The molecule has 30 heavy (non-hydrogen) atoms. The van der Waals surface area contributed by atoms with E-state index in [1.54, 1.807) is 24.3 Å². The number of furan rings is 1. The van der Waals surface area contributed by atoms with E-state index in [9.17, 15) is 14.9 Å². The summed E-state index contributed by atoms with van der Waals surface area (Å²) in [5.41, 5.74) is 1.24. The smallest absolute Gasteiger partial charge is 0.395 e. The van der Waals surface area contributed by atoms with Crippen molar-refractivity contribution in [2.24, 2.45) is 0 Å². The van der Waals surface area contributed by atoms with Crippen molar-refractivity contribution in [2.45, 2.75) is 20.4 Å². The number of benzene rings is 1. The number of rotatable bonds is 8. The first kappa shape index (κ1) is 21.3. The van der Waals surface area contributed by atoms with E-state index < -0.39 is 16.7 Å². The van der Waals surface area contributed by atoms with Gasteiger partial charge in [-0.15, -0.1) is 0 Å². The van der Waals surface area contributed by atoms with E-state index in [0.717, 1.165) is 25.0 Å². The zero-order chi connectivity index (χ0) is 21.7. The molecule has 1 amide bonds. The normalized spacial score (nSPS) is 10.6. The van der Waals surface area contributed by atoms with Crippen molar-refractivity contribution in [2.75, 3.05) is 22.9 Å². The van der Waals surface area contributed by atoms with Crippen LogP contribution in [0.3, 0.4) is 0 Å². The first-order valence-electron chi connectivity index (χ1n) is 9.45. The number of hydrogen-bond acceptors (Lipinski definition) is 6. The first-order chi connectivity index (χ1) is 14.4. The van der Waals surface area contributed by atoms with Crippen LogP contribution in [0.1, 0.15) is 30.1 Å². The molecule has 3 aromatic rings. The predicted molar refractivity (Wildman–Crippen MR) is 115 cm³/mol. The van der Waals surface area contributed by atoms with E-state index in [2.05, 4.69) is 9.88 Å². The van der Waals surface area contributed by atoms with Gasteiger partial charge in [0.2, 0.25) is 0 Å². The Labute approximate surface area is 178 Å². The summed E-state index contributed by atoms with van der Waals surface area (Å²) in [6.45, 7) is 5.87.